The second-order valence-electron chi connectivity index (χ2n) is 5.96. The maximum Gasteiger partial charge on any atom is 0.246 e. The van der Waals surface area contributed by atoms with Gasteiger partial charge in [-0.05, 0) is 25.0 Å². The van der Waals surface area contributed by atoms with Crippen LogP contribution in [-0.2, 0) is 19.5 Å². The Labute approximate surface area is 130 Å². The summed E-state index contributed by atoms with van der Waals surface area (Å²) in [7, 11) is -2.23. The smallest absolute Gasteiger partial charge is 0.246 e. The predicted octanol–water partition coefficient (Wildman–Crippen LogP) is 1.64. The first kappa shape index (κ1) is 15.9. The molecule has 2 saturated heterocycles. The van der Waals surface area contributed by atoms with Crippen molar-refractivity contribution in [2.24, 2.45) is 5.41 Å². The Morgan fingerprint density at radius 3 is 2.95 bits per heavy atom. The molecule has 0 unspecified atom stereocenters. The summed E-state index contributed by atoms with van der Waals surface area (Å²) in [4.78, 5) is -0.264. The third-order valence-corrected chi connectivity index (χ3v) is 6.50. The van der Waals surface area contributed by atoms with Gasteiger partial charge >= 0.3 is 0 Å². The minimum atomic E-state index is -3.84. The predicted molar refractivity (Wildman–Crippen MR) is 78.4 cm³/mol. The van der Waals surface area contributed by atoms with Gasteiger partial charge in [0.1, 0.15) is 10.7 Å². The highest BCUT2D eigenvalue weighted by Crippen LogP contribution is 2.42. The van der Waals surface area contributed by atoms with Crippen molar-refractivity contribution >= 4 is 10.0 Å². The van der Waals surface area contributed by atoms with Crippen LogP contribution in [0, 0.1) is 11.2 Å². The number of piperidine rings is 1. The maximum absolute atomic E-state index is 13.9. The normalized spacial score (nSPS) is 29.5. The Morgan fingerprint density at radius 2 is 2.23 bits per heavy atom. The van der Waals surface area contributed by atoms with Crippen molar-refractivity contribution in [3.8, 4) is 0 Å². The molecule has 122 valence electrons. The third-order valence-electron chi connectivity index (χ3n) is 4.62. The minimum absolute atomic E-state index is 0.0134. The van der Waals surface area contributed by atoms with Crippen LogP contribution in [0.15, 0.2) is 29.2 Å². The summed E-state index contributed by atoms with van der Waals surface area (Å²) in [6.07, 6.45) is 1.38. The van der Waals surface area contributed by atoms with E-state index in [0.717, 1.165) is 6.42 Å². The van der Waals surface area contributed by atoms with Gasteiger partial charge in [0.2, 0.25) is 10.0 Å². The maximum atomic E-state index is 13.9. The summed E-state index contributed by atoms with van der Waals surface area (Å²) in [6, 6.07) is 5.50. The quantitative estimate of drug-likeness (QED) is 0.843. The fourth-order valence-electron chi connectivity index (χ4n) is 3.50. The average molecular weight is 329 g/mol. The molecule has 0 N–H and O–H groups in total. The fraction of sp³-hybridized carbons (Fsp3) is 0.600. The average Bonchev–Trinajstić information content (AvgIpc) is 2.90. The van der Waals surface area contributed by atoms with Crippen molar-refractivity contribution in [3.05, 3.63) is 30.1 Å². The van der Waals surface area contributed by atoms with E-state index in [1.165, 1.54) is 28.6 Å². The second-order valence-corrected chi connectivity index (χ2v) is 7.87. The summed E-state index contributed by atoms with van der Waals surface area (Å²) in [5.74, 6) is -0.715. The lowest BCUT2D eigenvalue weighted by molar-refractivity contribution is -0.0359. The monoisotopic (exact) mass is 329 g/mol. The number of ether oxygens (including phenoxy) is 2. The molecule has 2 aliphatic heterocycles. The number of hydrogen-bond donors (Lipinski definition) is 0. The van der Waals surface area contributed by atoms with Crippen molar-refractivity contribution < 1.29 is 22.3 Å². The Morgan fingerprint density at radius 1 is 1.45 bits per heavy atom. The molecule has 7 heteroatoms. The number of fused-ring (bicyclic) bond motifs is 1. The molecule has 0 aromatic heterocycles. The molecule has 0 radical (unpaired) electrons. The zero-order valence-corrected chi connectivity index (χ0v) is 13.3. The highest BCUT2D eigenvalue weighted by molar-refractivity contribution is 7.89. The van der Waals surface area contributed by atoms with Crippen LogP contribution in [0.1, 0.15) is 12.8 Å². The van der Waals surface area contributed by atoms with Crippen LogP contribution in [0.5, 0.6) is 0 Å². The molecular weight excluding hydrogens is 309 g/mol. The van der Waals surface area contributed by atoms with E-state index in [0.29, 0.717) is 32.7 Å². The van der Waals surface area contributed by atoms with Gasteiger partial charge in [-0.3, -0.25) is 0 Å². The van der Waals surface area contributed by atoms with Crippen LogP contribution < -0.4 is 0 Å². The number of methoxy groups -OCH3 is 1. The number of halogens is 1. The Kier molecular flexibility index (Phi) is 4.24. The molecule has 2 aliphatic rings. The van der Waals surface area contributed by atoms with E-state index in [-0.39, 0.29) is 16.4 Å². The van der Waals surface area contributed by atoms with E-state index >= 15 is 0 Å². The summed E-state index contributed by atoms with van der Waals surface area (Å²) in [5.41, 5.74) is -0.328. The number of rotatable bonds is 4. The molecule has 0 aliphatic carbocycles. The summed E-state index contributed by atoms with van der Waals surface area (Å²) in [6.45, 7) is 1.71. The van der Waals surface area contributed by atoms with Crippen LogP contribution in [0.2, 0.25) is 0 Å². The van der Waals surface area contributed by atoms with Gasteiger partial charge in [0, 0.05) is 32.2 Å². The molecule has 1 aromatic rings. The Balaban J connectivity index is 1.91. The highest BCUT2D eigenvalue weighted by Gasteiger charge is 2.50. The number of benzene rings is 1. The molecule has 0 saturated carbocycles. The first-order valence-electron chi connectivity index (χ1n) is 7.35. The van der Waals surface area contributed by atoms with Crippen molar-refractivity contribution in [1.82, 2.24) is 4.31 Å². The van der Waals surface area contributed by atoms with Gasteiger partial charge in [0.15, 0.2) is 0 Å². The first-order valence-corrected chi connectivity index (χ1v) is 8.79. The lowest BCUT2D eigenvalue weighted by atomic mass is 9.78. The summed E-state index contributed by atoms with van der Waals surface area (Å²) < 4.78 is 51.8. The molecule has 22 heavy (non-hydrogen) atoms. The van der Waals surface area contributed by atoms with Gasteiger partial charge in [-0.25, -0.2) is 12.8 Å². The van der Waals surface area contributed by atoms with E-state index < -0.39 is 15.8 Å². The van der Waals surface area contributed by atoms with Crippen molar-refractivity contribution in [2.45, 2.75) is 23.8 Å². The van der Waals surface area contributed by atoms with Crippen molar-refractivity contribution in [1.29, 1.82) is 0 Å². The lowest BCUT2D eigenvalue weighted by Crippen LogP contribution is -2.53. The van der Waals surface area contributed by atoms with E-state index in [2.05, 4.69) is 0 Å². The molecule has 2 heterocycles. The van der Waals surface area contributed by atoms with Gasteiger partial charge < -0.3 is 9.47 Å². The van der Waals surface area contributed by atoms with Gasteiger partial charge in [0.05, 0.1) is 12.7 Å². The SMILES string of the molecule is COC[C@]12CCO[C@H]1CCN(S(=O)(=O)c1ccccc1F)C2. The van der Waals surface area contributed by atoms with Crippen LogP contribution in [0.3, 0.4) is 0 Å². The topological polar surface area (TPSA) is 55.8 Å². The van der Waals surface area contributed by atoms with Gasteiger partial charge in [-0.1, -0.05) is 12.1 Å². The number of sulfonamides is 1. The minimum Gasteiger partial charge on any atom is -0.384 e. The molecular formula is C15H20FNO4S. The standard InChI is InChI=1S/C15H20FNO4S/c1-20-11-15-7-9-21-14(15)6-8-17(10-15)22(18,19)13-5-3-2-4-12(13)16/h2-5,14H,6-11H2,1H3/t14-,15+/m0/s1. The van der Waals surface area contributed by atoms with Crippen molar-refractivity contribution in [3.63, 3.8) is 0 Å². The Hall–Kier alpha value is -1.02. The zero-order valence-electron chi connectivity index (χ0n) is 12.5. The lowest BCUT2D eigenvalue weighted by Gasteiger charge is -2.42. The van der Waals surface area contributed by atoms with Gasteiger partial charge in [0.25, 0.3) is 0 Å². The van der Waals surface area contributed by atoms with E-state index in [4.69, 9.17) is 9.47 Å². The Bertz CT molecular complexity index is 651. The van der Waals surface area contributed by atoms with Crippen LogP contribution in [0.25, 0.3) is 0 Å². The highest BCUT2D eigenvalue weighted by atomic mass is 32.2. The summed E-state index contributed by atoms with van der Waals surface area (Å²) in [5, 5.41) is 0. The van der Waals surface area contributed by atoms with Gasteiger partial charge in [-0.2, -0.15) is 4.31 Å². The van der Waals surface area contributed by atoms with E-state index in [1.807, 2.05) is 0 Å². The molecule has 5 nitrogen and oxygen atoms in total. The zero-order chi connectivity index (χ0) is 15.8. The molecule has 2 atom stereocenters. The summed E-state index contributed by atoms with van der Waals surface area (Å²) >= 11 is 0. The van der Waals surface area contributed by atoms with Crippen LogP contribution in [0.4, 0.5) is 4.39 Å². The molecule has 1 aromatic carbocycles. The molecule has 0 amide bonds. The fourth-order valence-corrected chi connectivity index (χ4v) is 5.12. The second kappa shape index (κ2) is 5.88. The largest absolute Gasteiger partial charge is 0.384 e. The van der Waals surface area contributed by atoms with Crippen molar-refractivity contribution in [2.75, 3.05) is 33.4 Å². The number of hydrogen-bond acceptors (Lipinski definition) is 4. The molecule has 2 fully saturated rings. The van der Waals surface area contributed by atoms with E-state index in [9.17, 15) is 12.8 Å². The van der Waals surface area contributed by atoms with Gasteiger partial charge in [-0.15, -0.1) is 0 Å². The molecule has 0 spiro atoms. The number of nitrogens with zero attached hydrogens (tertiary/aromatic N) is 1. The van der Waals surface area contributed by atoms with Crippen LogP contribution >= 0.6 is 0 Å². The van der Waals surface area contributed by atoms with E-state index in [1.54, 1.807) is 7.11 Å². The first-order chi connectivity index (χ1) is 10.5. The molecule has 3 rings (SSSR count). The third kappa shape index (κ3) is 2.56. The van der Waals surface area contributed by atoms with Crippen LogP contribution in [-0.4, -0.2) is 52.2 Å². The molecule has 0 bridgehead atoms.